The fraction of sp³-hybridized carbons (Fsp3) is 0.120. The van der Waals surface area contributed by atoms with Gasteiger partial charge in [-0.1, -0.05) is 60.7 Å². The molecule has 1 aromatic heterocycles. The maximum Gasteiger partial charge on any atom is 0.258 e. The van der Waals surface area contributed by atoms with Crippen molar-refractivity contribution in [1.29, 1.82) is 0 Å². The molecule has 1 amide bonds. The third-order valence-corrected chi connectivity index (χ3v) is 5.60. The van der Waals surface area contributed by atoms with E-state index in [4.69, 9.17) is 0 Å². The standard InChI is InChI=1S/C25H22N4O/c1-18(19-10-4-2-5-11-19)29-24(27-23-15-9-8-14-22(23)25(29)30)20-16-26-28(17-20)21-12-6-3-7-13-21/h2-18,24,27H,1H3/t18-,24+/m1/s1. The molecule has 0 fully saturated rings. The summed E-state index contributed by atoms with van der Waals surface area (Å²) in [6.45, 7) is 2.07. The Morgan fingerprint density at radius 1 is 0.900 bits per heavy atom. The Morgan fingerprint density at radius 3 is 2.33 bits per heavy atom. The smallest absolute Gasteiger partial charge is 0.258 e. The van der Waals surface area contributed by atoms with Gasteiger partial charge in [-0.3, -0.25) is 4.79 Å². The predicted molar refractivity (Wildman–Crippen MR) is 117 cm³/mol. The van der Waals surface area contributed by atoms with Crippen LogP contribution in [0.1, 0.15) is 40.6 Å². The highest BCUT2D eigenvalue weighted by atomic mass is 16.2. The number of fused-ring (bicyclic) bond motifs is 1. The highest BCUT2D eigenvalue weighted by Gasteiger charge is 2.37. The third-order valence-electron chi connectivity index (χ3n) is 5.60. The van der Waals surface area contributed by atoms with E-state index in [0.29, 0.717) is 5.56 Å². The average Bonchev–Trinajstić information content (AvgIpc) is 3.30. The molecule has 1 N–H and O–H groups in total. The summed E-state index contributed by atoms with van der Waals surface area (Å²) in [5.74, 6) is 0.0122. The minimum absolute atomic E-state index is 0.0122. The fourth-order valence-electron chi connectivity index (χ4n) is 4.00. The van der Waals surface area contributed by atoms with E-state index in [1.54, 1.807) is 0 Å². The van der Waals surface area contributed by atoms with Crippen LogP contribution in [0.15, 0.2) is 97.3 Å². The molecule has 1 aliphatic heterocycles. The van der Waals surface area contributed by atoms with Gasteiger partial charge >= 0.3 is 0 Å². The molecule has 148 valence electrons. The monoisotopic (exact) mass is 394 g/mol. The van der Waals surface area contributed by atoms with Crippen LogP contribution in [0.5, 0.6) is 0 Å². The number of para-hydroxylation sites is 2. The minimum Gasteiger partial charge on any atom is -0.361 e. The van der Waals surface area contributed by atoms with Crippen molar-refractivity contribution in [1.82, 2.24) is 14.7 Å². The van der Waals surface area contributed by atoms with Crippen LogP contribution < -0.4 is 5.32 Å². The molecule has 2 atom stereocenters. The van der Waals surface area contributed by atoms with Crippen LogP contribution in [0.3, 0.4) is 0 Å². The first-order chi connectivity index (χ1) is 14.7. The van der Waals surface area contributed by atoms with Crippen LogP contribution in [0, 0.1) is 0 Å². The molecular weight excluding hydrogens is 372 g/mol. The van der Waals surface area contributed by atoms with Crippen LogP contribution in [0.25, 0.3) is 5.69 Å². The number of amides is 1. The summed E-state index contributed by atoms with van der Waals surface area (Å²) in [5, 5.41) is 8.11. The number of nitrogens with zero attached hydrogens (tertiary/aromatic N) is 3. The van der Waals surface area contributed by atoms with Gasteiger partial charge in [0.05, 0.1) is 23.5 Å². The van der Waals surface area contributed by atoms with E-state index >= 15 is 0 Å². The van der Waals surface area contributed by atoms with Gasteiger partial charge in [0.1, 0.15) is 6.17 Å². The Labute approximate surface area is 175 Å². The lowest BCUT2D eigenvalue weighted by Crippen LogP contribution is -2.44. The number of hydrogen-bond acceptors (Lipinski definition) is 3. The molecule has 3 aromatic carbocycles. The molecule has 0 aliphatic carbocycles. The van der Waals surface area contributed by atoms with Crippen molar-refractivity contribution in [2.75, 3.05) is 5.32 Å². The van der Waals surface area contributed by atoms with Gasteiger partial charge in [-0.15, -0.1) is 0 Å². The molecule has 0 bridgehead atoms. The normalized spacial score (nSPS) is 16.6. The molecule has 0 saturated heterocycles. The molecule has 5 nitrogen and oxygen atoms in total. The second-order valence-electron chi connectivity index (χ2n) is 7.45. The van der Waals surface area contributed by atoms with Gasteiger partial charge in [0.25, 0.3) is 5.91 Å². The maximum atomic E-state index is 13.6. The molecule has 0 unspecified atom stereocenters. The van der Waals surface area contributed by atoms with E-state index < -0.39 is 0 Å². The van der Waals surface area contributed by atoms with Crippen LogP contribution in [0.2, 0.25) is 0 Å². The number of benzene rings is 3. The van der Waals surface area contributed by atoms with E-state index in [1.807, 2.05) is 94.8 Å². The second kappa shape index (κ2) is 7.52. The van der Waals surface area contributed by atoms with Crippen LogP contribution >= 0.6 is 0 Å². The van der Waals surface area contributed by atoms with Crippen molar-refractivity contribution >= 4 is 11.6 Å². The summed E-state index contributed by atoms with van der Waals surface area (Å²) in [6.07, 6.45) is 3.50. The molecule has 2 heterocycles. The average molecular weight is 394 g/mol. The zero-order chi connectivity index (χ0) is 20.5. The zero-order valence-corrected chi connectivity index (χ0v) is 16.6. The van der Waals surface area contributed by atoms with E-state index in [0.717, 1.165) is 22.5 Å². The lowest BCUT2D eigenvalue weighted by molar-refractivity contribution is 0.0596. The number of aromatic nitrogens is 2. The predicted octanol–water partition coefficient (Wildman–Crippen LogP) is 5.20. The second-order valence-corrected chi connectivity index (χ2v) is 7.45. The summed E-state index contributed by atoms with van der Waals surface area (Å²) in [5.41, 5.74) is 4.54. The molecule has 30 heavy (non-hydrogen) atoms. The topological polar surface area (TPSA) is 50.2 Å². The van der Waals surface area contributed by atoms with Crippen molar-refractivity contribution in [3.8, 4) is 5.69 Å². The fourth-order valence-corrected chi connectivity index (χ4v) is 4.00. The summed E-state index contributed by atoms with van der Waals surface area (Å²) in [6, 6.07) is 27.6. The van der Waals surface area contributed by atoms with Gasteiger partial charge in [0.15, 0.2) is 0 Å². The number of hydrogen-bond donors (Lipinski definition) is 1. The summed E-state index contributed by atoms with van der Waals surface area (Å²) in [4.78, 5) is 15.5. The summed E-state index contributed by atoms with van der Waals surface area (Å²) < 4.78 is 1.84. The molecular formula is C25H22N4O. The Bertz CT molecular complexity index is 1170. The van der Waals surface area contributed by atoms with E-state index in [-0.39, 0.29) is 18.1 Å². The van der Waals surface area contributed by atoms with E-state index in [9.17, 15) is 4.79 Å². The van der Waals surface area contributed by atoms with E-state index in [1.165, 1.54) is 0 Å². The number of carbonyl (C=O) groups is 1. The molecule has 0 spiro atoms. The third kappa shape index (κ3) is 3.14. The van der Waals surface area contributed by atoms with Crippen molar-refractivity contribution in [3.63, 3.8) is 0 Å². The van der Waals surface area contributed by atoms with Gasteiger partial charge in [0.2, 0.25) is 0 Å². The minimum atomic E-state index is -0.319. The first-order valence-electron chi connectivity index (χ1n) is 10.1. The molecule has 5 rings (SSSR count). The highest BCUT2D eigenvalue weighted by Crippen LogP contribution is 2.38. The van der Waals surface area contributed by atoms with Gasteiger partial charge in [0, 0.05) is 17.4 Å². The van der Waals surface area contributed by atoms with Crippen molar-refractivity contribution < 1.29 is 4.79 Å². The first-order valence-corrected chi connectivity index (χ1v) is 10.1. The quantitative estimate of drug-likeness (QED) is 0.518. The molecule has 4 aromatic rings. The van der Waals surface area contributed by atoms with E-state index in [2.05, 4.69) is 29.5 Å². The largest absolute Gasteiger partial charge is 0.361 e. The van der Waals surface area contributed by atoms with Crippen molar-refractivity contribution in [3.05, 3.63) is 114 Å². The van der Waals surface area contributed by atoms with Crippen LogP contribution in [0.4, 0.5) is 5.69 Å². The lowest BCUT2D eigenvalue weighted by Gasteiger charge is -2.41. The first kappa shape index (κ1) is 18.2. The Morgan fingerprint density at radius 2 is 1.57 bits per heavy atom. The Balaban J connectivity index is 1.58. The maximum absolute atomic E-state index is 13.6. The zero-order valence-electron chi connectivity index (χ0n) is 16.6. The van der Waals surface area contributed by atoms with Crippen LogP contribution in [-0.2, 0) is 0 Å². The lowest BCUT2D eigenvalue weighted by atomic mass is 10.00. The molecule has 0 saturated carbocycles. The van der Waals surface area contributed by atoms with Crippen LogP contribution in [-0.4, -0.2) is 20.6 Å². The number of nitrogens with one attached hydrogen (secondary N) is 1. The number of rotatable bonds is 4. The highest BCUT2D eigenvalue weighted by molar-refractivity contribution is 6.02. The number of carbonyl (C=O) groups excluding carboxylic acids is 1. The van der Waals surface area contributed by atoms with Gasteiger partial charge in [-0.25, -0.2) is 4.68 Å². The summed E-state index contributed by atoms with van der Waals surface area (Å²) >= 11 is 0. The SMILES string of the molecule is C[C@H](c1ccccc1)N1C(=O)c2ccccc2N[C@@H]1c1cnn(-c2ccccc2)c1. The Kier molecular flexibility index (Phi) is 4.56. The molecule has 0 radical (unpaired) electrons. The van der Waals surface area contributed by atoms with Gasteiger partial charge < -0.3 is 10.2 Å². The molecule has 5 heteroatoms. The number of anilines is 1. The van der Waals surface area contributed by atoms with Crippen molar-refractivity contribution in [2.24, 2.45) is 0 Å². The van der Waals surface area contributed by atoms with Gasteiger partial charge in [-0.2, -0.15) is 5.10 Å². The molecule has 1 aliphatic rings. The Hall–Kier alpha value is -3.86. The summed E-state index contributed by atoms with van der Waals surface area (Å²) in [7, 11) is 0. The van der Waals surface area contributed by atoms with Crippen molar-refractivity contribution in [2.45, 2.75) is 19.1 Å². The van der Waals surface area contributed by atoms with Gasteiger partial charge in [-0.05, 0) is 36.8 Å².